The van der Waals surface area contributed by atoms with E-state index in [-0.39, 0.29) is 5.82 Å². The molecule has 0 heterocycles. The van der Waals surface area contributed by atoms with Gasteiger partial charge in [-0.05, 0) is 24.3 Å². The predicted octanol–water partition coefficient (Wildman–Crippen LogP) is 1.46. The molecule has 0 saturated heterocycles. The van der Waals surface area contributed by atoms with Gasteiger partial charge in [0.1, 0.15) is 12.2 Å². The van der Waals surface area contributed by atoms with Gasteiger partial charge in [0.15, 0.2) is 0 Å². The summed E-state index contributed by atoms with van der Waals surface area (Å²) in [7, 11) is 0. The van der Waals surface area contributed by atoms with Gasteiger partial charge < -0.3 is 0 Å². The van der Waals surface area contributed by atoms with Crippen molar-refractivity contribution in [2.75, 3.05) is 0 Å². The van der Waals surface area contributed by atoms with Crippen molar-refractivity contribution in [2.24, 2.45) is 4.99 Å². The van der Waals surface area contributed by atoms with Crippen LogP contribution in [0.3, 0.4) is 0 Å². The Balaban J connectivity index is 2.73. The molecule has 0 unspecified atom stereocenters. The highest BCUT2D eigenvalue weighted by molar-refractivity contribution is 5.59. The first-order valence-electron chi connectivity index (χ1n) is 3.00. The molecule has 0 fully saturated rings. The predicted molar refractivity (Wildman–Crippen MR) is 39.5 cm³/mol. The molecule has 0 spiro atoms. The summed E-state index contributed by atoms with van der Waals surface area (Å²) in [4.78, 5) is 3.71. The number of aliphatic imine (C=N–C) groups is 1. The van der Waals surface area contributed by atoms with Gasteiger partial charge in [-0.2, -0.15) is 0 Å². The second-order valence-electron chi connectivity index (χ2n) is 1.86. The first kappa shape index (κ1) is 7.68. The molecule has 0 aliphatic rings. The molecule has 4 heteroatoms. The molecule has 0 aliphatic carbocycles. The van der Waals surface area contributed by atoms with Crippen LogP contribution >= 0.6 is 0 Å². The van der Waals surface area contributed by atoms with Crippen molar-refractivity contribution >= 4 is 12.0 Å². The maximum absolute atomic E-state index is 12.3. The topological polar surface area (TPSA) is 44.6 Å². The van der Waals surface area contributed by atoms with Gasteiger partial charge in [-0.1, -0.05) is 0 Å². The average Bonchev–Trinajstić information content (AvgIpc) is 2.04. The lowest BCUT2D eigenvalue weighted by molar-refractivity contribution is 0.240. The highest BCUT2D eigenvalue weighted by Crippen LogP contribution is 2.10. The molecule has 1 rings (SSSR count). The number of halogens is 1. The Morgan fingerprint density at radius 2 is 2.00 bits per heavy atom. The Kier molecular flexibility index (Phi) is 2.57. The summed E-state index contributed by atoms with van der Waals surface area (Å²) in [5, 5.41) is 8.11. The van der Waals surface area contributed by atoms with Gasteiger partial charge in [0.2, 0.25) is 0 Å². The number of hydrogen-bond acceptors (Lipinski definition) is 2. The quantitative estimate of drug-likeness (QED) is 0.385. The normalized spacial score (nSPS) is 10.4. The van der Waals surface area contributed by atoms with E-state index in [1.54, 1.807) is 5.48 Å². The SMILES string of the molecule is ONC=Nc1ccc(F)cc1. The van der Waals surface area contributed by atoms with Crippen molar-refractivity contribution in [2.45, 2.75) is 0 Å². The van der Waals surface area contributed by atoms with E-state index in [1.807, 2.05) is 0 Å². The molecule has 0 bridgehead atoms. The Hall–Kier alpha value is -1.42. The van der Waals surface area contributed by atoms with Crippen LogP contribution in [0.4, 0.5) is 10.1 Å². The van der Waals surface area contributed by atoms with Gasteiger partial charge in [0.05, 0.1) is 5.69 Å². The number of benzene rings is 1. The largest absolute Gasteiger partial charge is 0.290 e. The van der Waals surface area contributed by atoms with E-state index < -0.39 is 0 Å². The highest BCUT2D eigenvalue weighted by atomic mass is 19.1. The smallest absolute Gasteiger partial charge is 0.123 e. The summed E-state index contributed by atoms with van der Waals surface area (Å²) in [5.41, 5.74) is 2.32. The minimum Gasteiger partial charge on any atom is -0.290 e. The third-order valence-corrected chi connectivity index (χ3v) is 1.10. The number of nitrogens with one attached hydrogen (secondary N) is 1. The molecule has 1 aromatic rings. The lowest BCUT2D eigenvalue weighted by Gasteiger charge is -1.91. The third kappa shape index (κ3) is 2.35. The molecular formula is C7H7FN2O. The fourth-order valence-electron chi connectivity index (χ4n) is 0.631. The van der Waals surface area contributed by atoms with Gasteiger partial charge in [0, 0.05) is 0 Å². The summed E-state index contributed by atoms with van der Waals surface area (Å²) in [6, 6.07) is 5.60. The molecule has 11 heavy (non-hydrogen) atoms. The number of nitrogens with zero attached hydrogens (tertiary/aromatic N) is 1. The first-order chi connectivity index (χ1) is 5.33. The molecule has 3 nitrogen and oxygen atoms in total. The molecule has 0 radical (unpaired) electrons. The summed E-state index contributed by atoms with van der Waals surface area (Å²) >= 11 is 0. The minimum absolute atomic E-state index is 0.305. The molecule has 58 valence electrons. The molecule has 0 aliphatic heterocycles. The van der Waals surface area contributed by atoms with Crippen LogP contribution in [-0.4, -0.2) is 11.5 Å². The van der Waals surface area contributed by atoms with Crippen molar-refractivity contribution < 1.29 is 9.60 Å². The zero-order chi connectivity index (χ0) is 8.10. The molecule has 0 aromatic heterocycles. The fourth-order valence-corrected chi connectivity index (χ4v) is 0.631. The molecule has 2 N–H and O–H groups in total. The lowest BCUT2D eigenvalue weighted by atomic mass is 10.3. The van der Waals surface area contributed by atoms with E-state index in [0.717, 1.165) is 6.34 Å². The molecule has 0 atom stereocenters. The van der Waals surface area contributed by atoms with Crippen LogP contribution in [0, 0.1) is 5.82 Å². The van der Waals surface area contributed by atoms with Crippen molar-refractivity contribution in [3.8, 4) is 0 Å². The Labute approximate surface area is 63.2 Å². The van der Waals surface area contributed by atoms with Crippen LogP contribution in [-0.2, 0) is 0 Å². The van der Waals surface area contributed by atoms with Gasteiger partial charge in [-0.3, -0.25) is 10.7 Å². The van der Waals surface area contributed by atoms with E-state index >= 15 is 0 Å². The lowest BCUT2D eigenvalue weighted by Crippen LogP contribution is -2.00. The first-order valence-corrected chi connectivity index (χ1v) is 3.00. The minimum atomic E-state index is -0.305. The van der Waals surface area contributed by atoms with Crippen LogP contribution in [0.25, 0.3) is 0 Å². The fraction of sp³-hybridized carbons (Fsp3) is 0. The van der Waals surface area contributed by atoms with Gasteiger partial charge >= 0.3 is 0 Å². The molecule has 0 saturated carbocycles. The summed E-state index contributed by atoms with van der Waals surface area (Å²) in [5.74, 6) is -0.305. The molecule has 0 amide bonds. The number of rotatable bonds is 2. The Morgan fingerprint density at radius 3 is 2.55 bits per heavy atom. The Morgan fingerprint density at radius 1 is 1.36 bits per heavy atom. The van der Waals surface area contributed by atoms with Crippen LogP contribution < -0.4 is 5.48 Å². The molecule has 1 aromatic carbocycles. The van der Waals surface area contributed by atoms with Crippen molar-refractivity contribution in [1.82, 2.24) is 5.48 Å². The Bertz CT molecular complexity index is 245. The second-order valence-corrected chi connectivity index (χ2v) is 1.86. The van der Waals surface area contributed by atoms with E-state index in [9.17, 15) is 4.39 Å². The number of hydroxylamine groups is 1. The third-order valence-electron chi connectivity index (χ3n) is 1.10. The standard InChI is InChI=1S/C7H7FN2O/c8-6-1-3-7(4-2-6)9-5-10-11/h1-5,11H,(H,9,10). The summed E-state index contributed by atoms with van der Waals surface area (Å²) in [6.45, 7) is 0. The van der Waals surface area contributed by atoms with Crippen LogP contribution in [0.2, 0.25) is 0 Å². The van der Waals surface area contributed by atoms with Crippen LogP contribution in [0.15, 0.2) is 29.3 Å². The van der Waals surface area contributed by atoms with Crippen molar-refractivity contribution in [3.05, 3.63) is 30.1 Å². The van der Waals surface area contributed by atoms with Crippen molar-refractivity contribution in [1.29, 1.82) is 0 Å². The maximum Gasteiger partial charge on any atom is 0.123 e. The number of hydrogen-bond donors (Lipinski definition) is 2. The van der Waals surface area contributed by atoms with E-state index in [0.29, 0.717) is 5.69 Å². The van der Waals surface area contributed by atoms with Gasteiger partial charge in [0.25, 0.3) is 0 Å². The van der Waals surface area contributed by atoms with E-state index in [4.69, 9.17) is 5.21 Å². The summed E-state index contributed by atoms with van der Waals surface area (Å²) < 4.78 is 12.3. The average molecular weight is 154 g/mol. The molecular weight excluding hydrogens is 147 g/mol. The van der Waals surface area contributed by atoms with Crippen molar-refractivity contribution in [3.63, 3.8) is 0 Å². The van der Waals surface area contributed by atoms with Gasteiger partial charge in [-0.15, -0.1) is 0 Å². The maximum atomic E-state index is 12.3. The highest BCUT2D eigenvalue weighted by Gasteiger charge is 1.87. The van der Waals surface area contributed by atoms with E-state index in [1.165, 1.54) is 24.3 Å². The second kappa shape index (κ2) is 3.68. The zero-order valence-electron chi connectivity index (χ0n) is 5.66. The zero-order valence-corrected chi connectivity index (χ0v) is 5.66. The van der Waals surface area contributed by atoms with E-state index in [2.05, 4.69) is 4.99 Å². The van der Waals surface area contributed by atoms with Crippen LogP contribution in [0.5, 0.6) is 0 Å². The summed E-state index contributed by atoms with van der Waals surface area (Å²) in [6.07, 6.45) is 1.10. The monoisotopic (exact) mass is 154 g/mol. The van der Waals surface area contributed by atoms with Gasteiger partial charge in [-0.25, -0.2) is 9.38 Å². The van der Waals surface area contributed by atoms with Crippen LogP contribution in [0.1, 0.15) is 0 Å².